The van der Waals surface area contributed by atoms with Crippen LogP contribution in [0, 0.1) is 6.92 Å². The Bertz CT molecular complexity index is 334. The van der Waals surface area contributed by atoms with Crippen molar-refractivity contribution in [1.29, 1.82) is 0 Å². The lowest BCUT2D eigenvalue weighted by molar-refractivity contribution is 0.858. The van der Waals surface area contributed by atoms with Crippen LogP contribution in [0.3, 0.4) is 0 Å². The fraction of sp³-hybridized carbons (Fsp3) is 0.333. The summed E-state index contributed by atoms with van der Waals surface area (Å²) in [4.78, 5) is 0. The Morgan fingerprint density at radius 3 is 2.67 bits per heavy atom. The van der Waals surface area contributed by atoms with E-state index in [9.17, 15) is 0 Å². The zero-order chi connectivity index (χ0) is 10.6. The van der Waals surface area contributed by atoms with Crippen LogP contribution in [0.4, 0.5) is 0 Å². The van der Waals surface area contributed by atoms with Gasteiger partial charge in [0.25, 0.3) is 0 Å². The van der Waals surface area contributed by atoms with Crippen LogP contribution in [0.5, 0.6) is 0 Å². The standard InChI is InChI=1S/C12H16ClN.ClH/c1-9-4-3-5-11(6-9)10(2)12(7-13)8-14;/h3-7,10H,8,14H2,1-2H3;1H/b12-7-;. The van der Waals surface area contributed by atoms with Crippen molar-refractivity contribution in [2.75, 3.05) is 6.54 Å². The molecular weight excluding hydrogens is 229 g/mol. The van der Waals surface area contributed by atoms with Gasteiger partial charge in [0.05, 0.1) is 0 Å². The number of hydrogen-bond acceptors (Lipinski definition) is 1. The van der Waals surface area contributed by atoms with E-state index in [1.54, 1.807) is 5.54 Å². The van der Waals surface area contributed by atoms with Crippen LogP contribution in [0.2, 0.25) is 0 Å². The minimum Gasteiger partial charge on any atom is -0.327 e. The predicted molar refractivity (Wildman–Crippen MR) is 69.8 cm³/mol. The third kappa shape index (κ3) is 3.86. The lowest BCUT2D eigenvalue weighted by Gasteiger charge is -2.14. The summed E-state index contributed by atoms with van der Waals surface area (Å²) >= 11 is 5.71. The number of benzene rings is 1. The van der Waals surface area contributed by atoms with E-state index in [1.165, 1.54) is 11.1 Å². The second-order valence-electron chi connectivity index (χ2n) is 3.52. The highest BCUT2D eigenvalue weighted by Gasteiger charge is 2.09. The first-order valence-electron chi connectivity index (χ1n) is 4.74. The van der Waals surface area contributed by atoms with E-state index < -0.39 is 0 Å². The van der Waals surface area contributed by atoms with Gasteiger partial charge in [-0.15, -0.1) is 12.4 Å². The summed E-state index contributed by atoms with van der Waals surface area (Å²) in [5, 5.41) is 0. The van der Waals surface area contributed by atoms with E-state index >= 15 is 0 Å². The summed E-state index contributed by atoms with van der Waals surface area (Å²) in [6, 6.07) is 8.42. The molecule has 1 rings (SSSR count). The molecule has 0 heterocycles. The van der Waals surface area contributed by atoms with Crippen molar-refractivity contribution in [3.05, 3.63) is 46.5 Å². The Hall–Kier alpha value is -0.500. The van der Waals surface area contributed by atoms with Crippen molar-refractivity contribution >= 4 is 24.0 Å². The first kappa shape index (κ1) is 14.5. The largest absolute Gasteiger partial charge is 0.327 e. The maximum absolute atomic E-state index is 5.71. The molecule has 0 aliphatic heterocycles. The summed E-state index contributed by atoms with van der Waals surface area (Å²) in [5.41, 5.74) is 10.8. The van der Waals surface area contributed by atoms with Gasteiger partial charge in [-0.1, -0.05) is 48.4 Å². The predicted octanol–water partition coefficient (Wildman–Crippen LogP) is 3.60. The van der Waals surface area contributed by atoms with E-state index in [1.807, 2.05) is 0 Å². The number of aryl methyl sites for hydroxylation is 1. The zero-order valence-corrected chi connectivity index (χ0v) is 10.6. The van der Waals surface area contributed by atoms with E-state index in [4.69, 9.17) is 17.3 Å². The quantitative estimate of drug-likeness (QED) is 0.866. The lowest BCUT2D eigenvalue weighted by Crippen LogP contribution is -2.09. The molecule has 15 heavy (non-hydrogen) atoms. The van der Waals surface area contributed by atoms with Gasteiger partial charge >= 0.3 is 0 Å². The molecule has 0 spiro atoms. The molecule has 0 fully saturated rings. The van der Waals surface area contributed by atoms with Crippen LogP contribution in [-0.2, 0) is 0 Å². The van der Waals surface area contributed by atoms with E-state index in [2.05, 4.69) is 38.1 Å². The second-order valence-corrected chi connectivity index (χ2v) is 3.74. The summed E-state index contributed by atoms with van der Waals surface area (Å²) in [6.45, 7) is 4.72. The minimum atomic E-state index is 0. The maximum Gasteiger partial charge on any atom is 0.0154 e. The summed E-state index contributed by atoms with van der Waals surface area (Å²) in [7, 11) is 0. The SMILES string of the molecule is Cc1cccc(C(C)/C(=C\Cl)CN)c1.Cl. The van der Waals surface area contributed by atoms with Gasteiger partial charge in [-0.25, -0.2) is 0 Å². The molecule has 1 aromatic carbocycles. The van der Waals surface area contributed by atoms with Crippen molar-refractivity contribution in [1.82, 2.24) is 0 Å². The van der Waals surface area contributed by atoms with Crippen LogP contribution in [-0.4, -0.2) is 6.54 Å². The molecule has 1 atom stereocenters. The third-order valence-corrected chi connectivity index (χ3v) is 2.75. The van der Waals surface area contributed by atoms with Crippen molar-refractivity contribution in [2.24, 2.45) is 5.73 Å². The van der Waals surface area contributed by atoms with Gasteiger partial charge in [0.1, 0.15) is 0 Å². The van der Waals surface area contributed by atoms with Gasteiger partial charge in [-0.3, -0.25) is 0 Å². The molecule has 0 saturated carbocycles. The Morgan fingerprint density at radius 2 is 2.20 bits per heavy atom. The Morgan fingerprint density at radius 1 is 1.53 bits per heavy atom. The van der Waals surface area contributed by atoms with Gasteiger partial charge < -0.3 is 5.73 Å². The molecule has 0 aliphatic rings. The summed E-state index contributed by atoms with van der Waals surface area (Å²) in [6.07, 6.45) is 0. The molecule has 2 N–H and O–H groups in total. The molecule has 0 aromatic heterocycles. The molecule has 84 valence electrons. The van der Waals surface area contributed by atoms with E-state index in [0.717, 1.165) is 5.57 Å². The smallest absolute Gasteiger partial charge is 0.0154 e. The first-order chi connectivity index (χ1) is 6.69. The van der Waals surface area contributed by atoms with Crippen LogP contribution >= 0.6 is 24.0 Å². The van der Waals surface area contributed by atoms with Gasteiger partial charge in [0.2, 0.25) is 0 Å². The van der Waals surface area contributed by atoms with Crippen LogP contribution < -0.4 is 5.73 Å². The summed E-state index contributed by atoms with van der Waals surface area (Å²) in [5.74, 6) is 0.303. The van der Waals surface area contributed by atoms with Gasteiger partial charge in [-0.05, 0) is 18.1 Å². The number of hydrogen-bond donors (Lipinski definition) is 1. The van der Waals surface area contributed by atoms with E-state index in [-0.39, 0.29) is 12.4 Å². The van der Waals surface area contributed by atoms with Crippen molar-refractivity contribution in [3.8, 4) is 0 Å². The highest BCUT2D eigenvalue weighted by atomic mass is 35.5. The average molecular weight is 246 g/mol. The topological polar surface area (TPSA) is 26.0 Å². The molecule has 0 bridgehead atoms. The number of nitrogens with two attached hydrogens (primary N) is 1. The van der Waals surface area contributed by atoms with E-state index in [0.29, 0.717) is 12.5 Å². The fourth-order valence-electron chi connectivity index (χ4n) is 1.47. The Balaban J connectivity index is 0.00000196. The molecular formula is C12H17Cl2N. The highest BCUT2D eigenvalue weighted by Crippen LogP contribution is 2.24. The molecule has 0 radical (unpaired) electrons. The third-order valence-electron chi connectivity index (χ3n) is 2.47. The highest BCUT2D eigenvalue weighted by molar-refractivity contribution is 6.25. The molecule has 1 unspecified atom stereocenters. The molecule has 3 heteroatoms. The van der Waals surface area contributed by atoms with Crippen LogP contribution in [0.1, 0.15) is 24.0 Å². The molecule has 0 saturated heterocycles. The minimum absolute atomic E-state index is 0. The van der Waals surface area contributed by atoms with Gasteiger partial charge in [-0.2, -0.15) is 0 Å². The number of halogens is 2. The van der Waals surface area contributed by atoms with Crippen molar-refractivity contribution in [3.63, 3.8) is 0 Å². The molecule has 1 aromatic rings. The monoisotopic (exact) mass is 245 g/mol. The normalized spacial score (nSPS) is 13.2. The Kier molecular flexibility index (Phi) is 6.66. The van der Waals surface area contributed by atoms with Crippen molar-refractivity contribution < 1.29 is 0 Å². The Labute approximate surface area is 103 Å². The summed E-state index contributed by atoms with van der Waals surface area (Å²) < 4.78 is 0. The van der Waals surface area contributed by atoms with Crippen molar-refractivity contribution in [2.45, 2.75) is 19.8 Å². The second kappa shape index (κ2) is 6.89. The van der Waals surface area contributed by atoms with Gasteiger partial charge in [0, 0.05) is 18.0 Å². The van der Waals surface area contributed by atoms with Gasteiger partial charge in [0.15, 0.2) is 0 Å². The molecule has 1 nitrogen and oxygen atoms in total. The fourth-order valence-corrected chi connectivity index (χ4v) is 1.75. The van der Waals surface area contributed by atoms with Crippen LogP contribution in [0.25, 0.3) is 0 Å². The maximum atomic E-state index is 5.71. The molecule has 0 aliphatic carbocycles. The molecule has 0 amide bonds. The number of rotatable bonds is 3. The van der Waals surface area contributed by atoms with Crippen LogP contribution in [0.15, 0.2) is 35.4 Å². The lowest BCUT2D eigenvalue weighted by atomic mass is 9.93. The zero-order valence-electron chi connectivity index (χ0n) is 9.03. The first-order valence-corrected chi connectivity index (χ1v) is 5.18. The average Bonchev–Trinajstić information content (AvgIpc) is 2.19.